The standard InChI is InChI=1S/C9H12F2N2O2/c1-9(2,7(10)11)8(14)12-5-6-3-4-13-15-6/h3-4,7H,5H2,1-2H3,(H,12,14). The van der Waals surface area contributed by atoms with Gasteiger partial charge in [0.05, 0.1) is 12.7 Å². The summed E-state index contributed by atoms with van der Waals surface area (Å²) < 4.78 is 29.6. The fourth-order valence-electron chi connectivity index (χ4n) is 0.828. The van der Waals surface area contributed by atoms with Crippen molar-refractivity contribution in [3.8, 4) is 0 Å². The quantitative estimate of drug-likeness (QED) is 0.834. The highest BCUT2D eigenvalue weighted by Crippen LogP contribution is 2.24. The fraction of sp³-hybridized carbons (Fsp3) is 0.556. The summed E-state index contributed by atoms with van der Waals surface area (Å²) in [6.45, 7) is 2.44. The molecule has 0 unspecified atom stereocenters. The van der Waals surface area contributed by atoms with Crippen molar-refractivity contribution in [2.75, 3.05) is 0 Å². The van der Waals surface area contributed by atoms with E-state index in [2.05, 4.69) is 10.5 Å². The van der Waals surface area contributed by atoms with Crippen molar-refractivity contribution >= 4 is 5.91 Å². The average Bonchev–Trinajstić information content (AvgIpc) is 2.66. The molecule has 0 aliphatic carbocycles. The van der Waals surface area contributed by atoms with E-state index < -0.39 is 17.7 Å². The first-order chi connectivity index (χ1) is 6.94. The van der Waals surface area contributed by atoms with Gasteiger partial charge in [0.1, 0.15) is 5.41 Å². The number of hydrogen-bond donors (Lipinski definition) is 1. The van der Waals surface area contributed by atoms with Gasteiger partial charge in [0, 0.05) is 6.07 Å². The zero-order chi connectivity index (χ0) is 11.5. The third-order valence-electron chi connectivity index (χ3n) is 2.05. The smallest absolute Gasteiger partial charge is 0.252 e. The van der Waals surface area contributed by atoms with Gasteiger partial charge in [0.2, 0.25) is 5.91 Å². The summed E-state index contributed by atoms with van der Waals surface area (Å²) in [5.74, 6) is -0.290. The molecular weight excluding hydrogens is 206 g/mol. The molecule has 0 fully saturated rings. The highest BCUT2D eigenvalue weighted by Gasteiger charge is 2.37. The molecule has 1 aromatic rings. The van der Waals surface area contributed by atoms with E-state index >= 15 is 0 Å². The largest absolute Gasteiger partial charge is 0.360 e. The number of rotatable bonds is 4. The van der Waals surface area contributed by atoms with Crippen molar-refractivity contribution in [3.63, 3.8) is 0 Å². The van der Waals surface area contributed by atoms with Crippen LogP contribution in [0.25, 0.3) is 0 Å². The van der Waals surface area contributed by atoms with Crippen LogP contribution in [0.15, 0.2) is 16.8 Å². The molecular formula is C9H12F2N2O2. The van der Waals surface area contributed by atoms with Crippen molar-refractivity contribution < 1.29 is 18.1 Å². The molecule has 15 heavy (non-hydrogen) atoms. The summed E-state index contributed by atoms with van der Waals surface area (Å²) in [5, 5.41) is 5.78. The first-order valence-electron chi connectivity index (χ1n) is 4.40. The maximum absolute atomic E-state index is 12.4. The normalized spacial score (nSPS) is 11.8. The van der Waals surface area contributed by atoms with E-state index in [9.17, 15) is 13.6 Å². The summed E-state index contributed by atoms with van der Waals surface area (Å²) >= 11 is 0. The van der Waals surface area contributed by atoms with E-state index in [-0.39, 0.29) is 6.54 Å². The number of alkyl halides is 2. The van der Waals surface area contributed by atoms with Crippen LogP contribution in [0.1, 0.15) is 19.6 Å². The lowest BCUT2D eigenvalue weighted by Gasteiger charge is -2.21. The Morgan fingerprint density at radius 1 is 1.67 bits per heavy atom. The van der Waals surface area contributed by atoms with Crippen LogP contribution in [0, 0.1) is 5.41 Å². The summed E-state index contributed by atoms with van der Waals surface area (Å²) in [6, 6.07) is 1.55. The molecule has 1 aromatic heterocycles. The molecule has 6 heteroatoms. The van der Waals surface area contributed by atoms with Gasteiger partial charge in [-0.15, -0.1) is 0 Å². The van der Waals surface area contributed by atoms with Crippen LogP contribution < -0.4 is 5.32 Å². The van der Waals surface area contributed by atoms with Gasteiger partial charge in [-0.25, -0.2) is 8.78 Å². The number of aromatic nitrogens is 1. The topological polar surface area (TPSA) is 55.1 Å². The van der Waals surface area contributed by atoms with Crippen LogP contribution in [0.5, 0.6) is 0 Å². The summed E-state index contributed by atoms with van der Waals surface area (Å²) in [4.78, 5) is 11.3. The van der Waals surface area contributed by atoms with Gasteiger partial charge in [-0.2, -0.15) is 0 Å². The lowest BCUT2D eigenvalue weighted by Crippen LogP contribution is -2.41. The van der Waals surface area contributed by atoms with Crippen molar-refractivity contribution in [3.05, 3.63) is 18.0 Å². The number of amides is 1. The lowest BCUT2D eigenvalue weighted by atomic mass is 9.93. The maximum Gasteiger partial charge on any atom is 0.252 e. The Morgan fingerprint density at radius 3 is 2.80 bits per heavy atom. The van der Waals surface area contributed by atoms with Gasteiger partial charge in [-0.3, -0.25) is 4.79 Å². The van der Waals surface area contributed by atoms with E-state index in [1.807, 2.05) is 0 Å². The monoisotopic (exact) mass is 218 g/mol. The van der Waals surface area contributed by atoms with Gasteiger partial charge in [-0.05, 0) is 13.8 Å². The third kappa shape index (κ3) is 2.74. The third-order valence-corrected chi connectivity index (χ3v) is 2.05. The molecule has 1 heterocycles. The molecule has 0 aliphatic rings. The van der Waals surface area contributed by atoms with Crippen LogP contribution in [0.4, 0.5) is 8.78 Å². The molecule has 1 N–H and O–H groups in total. The van der Waals surface area contributed by atoms with Crippen molar-refractivity contribution in [2.24, 2.45) is 5.41 Å². The zero-order valence-corrected chi connectivity index (χ0v) is 8.46. The van der Waals surface area contributed by atoms with Crippen LogP contribution in [-0.4, -0.2) is 17.5 Å². The summed E-state index contributed by atoms with van der Waals surface area (Å²) in [5.41, 5.74) is -1.69. The first-order valence-corrected chi connectivity index (χ1v) is 4.40. The Bertz CT molecular complexity index is 323. The van der Waals surface area contributed by atoms with Crippen LogP contribution in [-0.2, 0) is 11.3 Å². The molecule has 84 valence electrons. The number of nitrogens with one attached hydrogen (secondary N) is 1. The first kappa shape index (κ1) is 11.6. The molecule has 1 rings (SSSR count). The van der Waals surface area contributed by atoms with E-state index in [4.69, 9.17) is 4.52 Å². The fourth-order valence-corrected chi connectivity index (χ4v) is 0.828. The van der Waals surface area contributed by atoms with Crippen LogP contribution >= 0.6 is 0 Å². The second-order valence-corrected chi connectivity index (χ2v) is 3.68. The van der Waals surface area contributed by atoms with E-state index in [0.717, 1.165) is 0 Å². The van der Waals surface area contributed by atoms with Crippen molar-refractivity contribution in [1.29, 1.82) is 0 Å². The predicted molar refractivity (Wildman–Crippen MR) is 48.1 cm³/mol. The zero-order valence-electron chi connectivity index (χ0n) is 8.46. The van der Waals surface area contributed by atoms with Crippen molar-refractivity contribution in [2.45, 2.75) is 26.8 Å². The Balaban J connectivity index is 2.49. The molecule has 0 atom stereocenters. The molecule has 0 bridgehead atoms. The number of nitrogens with zero attached hydrogens (tertiary/aromatic N) is 1. The number of halogens is 2. The molecule has 0 saturated heterocycles. The van der Waals surface area contributed by atoms with E-state index in [0.29, 0.717) is 5.76 Å². The molecule has 4 nitrogen and oxygen atoms in total. The van der Waals surface area contributed by atoms with Gasteiger partial charge in [0.25, 0.3) is 6.43 Å². The second kappa shape index (κ2) is 4.37. The highest BCUT2D eigenvalue weighted by molar-refractivity contribution is 5.82. The minimum absolute atomic E-state index is 0.0645. The van der Waals surface area contributed by atoms with Crippen LogP contribution in [0.3, 0.4) is 0 Å². The molecule has 0 aromatic carbocycles. The van der Waals surface area contributed by atoms with Gasteiger partial charge < -0.3 is 9.84 Å². The number of carbonyl (C=O) groups is 1. The van der Waals surface area contributed by atoms with E-state index in [1.165, 1.54) is 20.0 Å². The maximum atomic E-state index is 12.4. The molecule has 0 radical (unpaired) electrons. The number of hydrogen-bond acceptors (Lipinski definition) is 3. The van der Waals surface area contributed by atoms with Gasteiger partial charge in [-0.1, -0.05) is 5.16 Å². The minimum Gasteiger partial charge on any atom is -0.360 e. The van der Waals surface area contributed by atoms with Gasteiger partial charge in [0.15, 0.2) is 5.76 Å². The Kier molecular flexibility index (Phi) is 3.39. The summed E-state index contributed by atoms with van der Waals surface area (Å²) in [6.07, 6.45) is -1.29. The lowest BCUT2D eigenvalue weighted by molar-refractivity contribution is -0.137. The number of carbonyl (C=O) groups excluding carboxylic acids is 1. The van der Waals surface area contributed by atoms with Gasteiger partial charge >= 0.3 is 0 Å². The van der Waals surface area contributed by atoms with Crippen molar-refractivity contribution in [1.82, 2.24) is 10.5 Å². The molecule has 0 aliphatic heterocycles. The highest BCUT2D eigenvalue weighted by atomic mass is 19.3. The average molecular weight is 218 g/mol. The molecule has 0 saturated carbocycles. The minimum atomic E-state index is -2.70. The molecule has 1 amide bonds. The molecule has 0 spiro atoms. The van der Waals surface area contributed by atoms with Crippen LogP contribution in [0.2, 0.25) is 0 Å². The predicted octanol–water partition coefficient (Wildman–Crippen LogP) is 1.58. The Labute approximate surface area is 85.6 Å². The second-order valence-electron chi connectivity index (χ2n) is 3.68. The van der Waals surface area contributed by atoms with E-state index in [1.54, 1.807) is 6.07 Å². The summed E-state index contributed by atoms with van der Waals surface area (Å²) in [7, 11) is 0. The Morgan fingerprint density at radius 2 is 2.33 bits per heavy atom. The Hall–Kier alpha value is -1.46. The SMILES string of the molecule is CC(C)(C(=O)NCc1ccno1)C(F)F.